The van der Waals surface area contributed by atoms with Gasteiger partial charge in [-0.15, -0.1) is 0 Å². The summed E-state index contributed by atoms with van der Waals surface area (Å²) in [4.78, 5) is 15.7. The van der Waals surface area contributed by atoms with Crippen molar-refractivity contribution in [3.63, 3.8) is 0 Å². The molecule has 4 rings (SSSR count). The highest BCUT2D eigenvalue weighted by molar-refractivity contribution is 5.96. The first-order valence-electron chi connectivity index (χ1n) is 8.28. The number of amides is 1. The Morgan fingerprint density at radius 2 is 1.93 bits per heavy atom. The summed E-state index contributed by atoms with van der Waals surface area (Å²) in [6, 6.07) is 17.6. The second-order valence-corrected chi connectivity index (χ2v) is 6.05. The van der Waals surface area contributed by atoms with E-state index in [0.29, 0.717) is 16.6 Å². The first kappa shape index (κ1) is 16.8. The zero-order valence-corrected chi connectivity index (χ0v) is 14.5. The van der Waals surface area contributed by atoms with Crippen LogP contribution in [0.3, 0.4) is 0 Å². The molecule has 5 nitrogen and oxygen atoms in total. The van der Waals surface area contributed by atoms with Crippen molar-refractivity contribution in [1.82, 2.24) is 9.55 Å². The number of ether oxygens (including phenoxy) is 1. The number of para-hydroxylation sites is 1. The van der Waals surface area contributed by atoms with Crippen LogP contribution in [0.4, 0.5) is 4.39 Å². The largest absolute Gasteiger partial charge is 0.493 e. The molecule has 2 N–H and O–H groups in total. The smallest absolute Gasteiger partial charge is 0.248 e. The van der Waals surface area contributed by atoms with Crippen LogP contribution >= 0.6 is 0 Å². The third-order valence-electron chi connectivity index (χ3n) is 4.44. The van der Waals surface area contributed by atoms with Gasteiger partial charge in [0.25, 0.3) is 0 Å². The number of benzene rings is 3. The standard InChI is InChI=1S/C21H16FN3O2/c1-27-20-16(6-3-7-17(20)22)13-4-2-5-15(10-13)25-12-24-18-11-14(21(23)26)8-9-19(18)25/h2-12H,1H3,(H2,23,26). The number of fused-ring (bicyclic) bond motifs is 1. The minimum atomic E-state index is -0.494. The zero-order chi connectivity index (χ0) is 19.0. The van der Waals surface area contributed by atoms with Gasteiger partial charge in [0, 0.05) is 16.8 Å². The number of imidazole rings is 1. The lowest BCUT2D eigenvalue weighted by molar-refractivity contribution is 0.100. The molecule has 0 aliphatic carbocycles. The Hall–Kier alpha value is -3.67. The zero-order valence-electron chi connectivity index (χ0n) is 14.5. The van der Waals surface area contributed by atoms with Gasteiger partial charge in [-0.3, -0.25) is 9.36 Å². The van der Waals surface area contributed by atoms with Gasteiger partial charge in [-0.1, -0.05) is 24.3 Å². The summed E-state index contributed by atoms with van der Waals surface area (Å²) in [5, 5.41) is 0. The molecule has 1 aromatic heterocycles. The fourth-order valence-corrected chi connectivity index (χ4v) is 3.14. The Bertz CT molecular complexity index is 1170. The maximum atomic E-state index is 14.0. The number of rotatable bonds is 4. The van der Waals surface area contributed by atoms with Gasteiger partial charge in [0.2, 0.25) is 5.91 Å². The molecule has 0 unspecified atom stereocenters. The van der Waals surface area contributed by atoms with Crippen molar-refractivity contribution in [3.05, 3.63) is 78.4 Å². The molecule has 134 valence electrons. The number of hydrogen-bond donors (Lipinski definition) is 1. The van der Waals surface area contributed by atoms with Crippen molar-refractivity contribution in [2.45, 2.75) is 0 Å². The molecule has 0 bridgehead atoms. The highest BCUT2D eigenvalue weighted by atomic mass is 19.1. The van der Waals surface area contributed by atoms with Crippen LogP contribution in [-0.2, 0) is 0 Å². The van der Waals surface area contributed by atoms with Crippen molar-refractivity contribution in [2.24, 2.45) is 5.73 Å². The summed E-state index contributed by atoms with van der Waals surface area (Å²) in [7, 11) is 1.45. The summed E-state index contributed by atoms with van der Waals surface area (Å²) >= 11 is 0. The van der Waals surface area contributed by atoms with E-state index in [9.17, 15) is 9.18 Å². The van der Waals surface area contributed by atoms with Crippen LogP contribution in [0.25, 0.3) is 27.8 Å². The van der Waals surface area contributed by atoms with Gasteiger partial charge in [-0.25, -0.2) is 9.37 Å². The highest BCUT2D eigenvalue weighted by Crippen LogP contribution is 2.33. The summed E-state index contributed by atoms with van der Waals surface area (Å²) in [6.07, 6.45) is 1.68. The average molecular weight is 361 g/mol. The molecule has 0 aliphatic rings. The van der Waals surface area contributed by atoms with Gasteiger partial charge in [-0.2, -0.15) is 0 Å². The molecule has 0 saturated heterocycles. The molecule has 0 fully saturated rings. The number of nitrogens with two attached hydrogens (primary N) is 1. The highest BCUT2D eigenvalue weighted by Gasteiger charge is 2.13. The minimum absolute atomic E-state index is 0.205. The second kappa shape index (κ2) is 6.57. The molecular formula is C21H16FN3O2. The lowest BCUT2D eigenvalue weighted by atomic mass is 10.0. The van der Waals surface area contributed by atoms with Crippen LogP contribution in [0.5, 0.6) is 5.75 Å². The first-order chi connectivity index (χ1) is 13.1. The second-order valence-electron chi connectivity index (χ2n) is 6.05. The quantitative estimate of drug-likeness (QED) is 0.598. The summed E-state index contributed by atoms with van der Waals surface area (Å²) in [6.45, 7) is 0. The van der Waals surface area contributed by atoms with Crippen LogP contribution in [-0.4, -0.2) is 22.6 Å². The predicted octanol–water partition coefficient (Wildman–Crippen LogP) is 3.94. The number of primary amides is 1. The van der Waals surface area contributed by atoms with E-state index >= 15 is 0 Å². The van der Waals surface area contributed by atoms with Crippen molar-refractivity contribution in [1.29, 1.82) is 0 Å². The summed E-state index contributed by atoms with van der Waals surface area (Å²) in [5.74, 6) is -0.699. The van der Waals surface area contributed by atoms with Crippen molar-refractivity contribution in [3.8, 4) is 22.6 Å². The lowest BCUT2D eigenvalue weighted by Gasteiger charge is -2.11. The Labute approximate surface area is 154 Å². The monoisotopic (exact) mass is 361 g/mol. The molecule has 0 aliphatic heterocycles. The fraction of sp³-hybridized carbons (Fsp3) is 0.0476. The topological polar surface area (TPSA) is 70.1 Å². The molecular weight excluding hydrogens is 345 g/mol. The maximum absolute atomic E-state index is 14.0. The Balaban J connectivity index is 1.83. The third kappa shape index (κ3) is 2.91. The molecule has 6 heteroatoms. The third-order valence-corrected chi connectivity index (χ3v) is 4.44. The maximum Gasteiger partial charge on any atom is 0.248 e. The van der Waals surface area contributed by atoms with Crippen molar-refractivity contribution >= 4 is 16.9 Å². The van der Waals surface area contributed by atoms with E-state index in [-0.39, 0.29) is 5.75 Å². The Morgan fingerprint density at radius 1 is 1.11 bits per heavy atom. The van der Waals surface area contributed by atoms with Crippen molar-refractivity contribution < 1.29 is 13.9 Å². The lowest BCUT2D eigenvalue weighted by Crippen LogP contribution is -2.10. The normalized spacial score (nSPS) is 10.9. The van der Waals surface area contributed by atoms with Crippen LogP contribution in [0.15, 0.2) is 67.0 Å². The van der Waals surface area contributed by atoms with E-state index in [1.54, 1.807) is 30.6 Å². The van der Waals surface area contributed by atoms with E-state index in [1.165, 1.54) is 13.2 Å². The molecule has 4 aromatic rings. The first-order valence-corrected chi connectivity index (χ1v) is 8.28. The molecule has 0 radical (unpaired) electrons. The van der Waals surface area contributed by atoms with Gasteiger partial charge in [0.05, 0.1) is 18.1 Å². The van der Waals surface area contributed by atoms with E-state index in [2.05, 4.69) is 4.98 Å². The molecule has 3 aromatic carbocycles. The Morgan fingerprint density at radius 3 is 2.70 bits per heavy atom. The van der Waals surface area contributed by atoms with Gasteiger partial charge >= 0.3 is 0 Å². The number of aromatic nitrogens is 2. The van der Waals surface area contributed by atoms with Gasteiger partial charge < -0.3 is 10.5 Å². The van der Waals surface area contributed by atoms with Crippen LogP contribution in [0.1, 0.15) is 10.4 Å². The fourth-order valence-electron chi connectivity index (χ4n) is 3.14. The molecule has 0 saturated carbocycles. The Kier molecular flexibility index (Phi) is 4.08. The average Bonchev–Trinajstić information content (AvgIpc) is 3.11. The molecule has 1 heterocycles. The van der Waals surface area contributed by atoms with Crippen LogP contribution in [0.2, 0.25) is 0 Å². The number of carbonyl (C=O) groups is 1. The van der Waals surface area contributed by atoms with Crippen molar-refractivity contribution in [2.75, 3.05) is 7.11 Å². The molecule has 1 amide bonds. The summed E-state index contributed by atoms with van der Waals surface area (Å²) in [5.41, 5.74) is 9.58. The van der Waals surface area contributed by atoms with E-state index in [1.807, 2.05) is 34.9 Å². The number of carbonyl (C=O) groups excluding carboxylic acids is 1. The number of nitrogens with zero attached hydrogens (tertiary/aromatic N) is 2. The van der Waals surface area contributed by atoms with Gasteiger partial charge in [0.1, 0.15) is 6.33 Å². The summed E-state index contributed by atoms with van der Waals surface area (Å²) < 4.78 is 21.2. The SMILES string of the molecule is COc1c(F)cccc1-c1cccc(-n2cnc3cc(C(N)=O)ccc32)c1. The van der Waals surface area contributed by atoms with Gasteiger partial charge in [-0.05, 0) is 42.0 Å². The van der Waals surface area contributed by atoms with Crippen LogP contribution in [0, 0.1) is 5.82 Å². The van der Waals surface area contributed by atoms with Gasteiger partial charge in [0.15, 0.2) is 11.6 Å². The van der Waals surface area contributed by atoms with E-state index in [0.717, 1.165) is 16.8 Å². The van der Waals surface area contributed by atoms with Crippen LogP contribution < -0.4 is 10.5 Å². The predicted molar refractivity (Wildman–Crippen MR) is 102 cm³/mol. The minimum Gasteiger partial charge on any atom is -0.493 e. The van der Waals surface area contributed by atoms with E-state index in [4.69, 9.17) is 10.5 Å². The molecule has 0 atom stereocenters. The number of methoxy groups -OCH3 is 1. The number of halogens is 1. The van der Waals surface area contributed by atoms with E-state index < -0.39 is 11.7 Å². The molecule has 0 spiro atoms. The number of hydrogen-bond acceptors (Lipinski definition) is 3. The molecule has 27 heavy (non-hydrogen) atoms.